The van der Waals surface area contributed by atoms with E-state index in [4.69, 9.17) is 8.83 Å². The zero-order valence-electron chi connectivity index (χ0n) is 46.1. The average molecular weight is 1080 g/mol. The summed E-state index contributed by atoms with van der Waals surface area (Å²) in [5.41, 5.74) is 24.2. The summed E-state index contributed by atoms with van der Waals surface area (Å²) in [5, 5.41) is 9.36. The fourth-order valence-electron chi connectivity index (χ4n) is 14.7. The van der Waals surface area contributed by atoms with Crippen molar-refractivity contribution in [2.45, 2.75) is 5.41 Å². The lowest BCUT2D eigenvalue weighted by Gasteiger charge is -2.32. The van der Waals surface area contributed by atoms with Gasteiger partial charge in [0.2, 0.25) is 0 Å². The predicted molar refractivity (Wildman–Crippen MR) is 353 cm³/mol. The molecule has 0 unspecified atom stereocenters. The predicted octanol–water partition coefficient (Wildman–Crippen LogP) is 22.4. The van der Waals surface area contributed by atoms with Gasteiger partial charge in [0.15, 0.2) is 11.2 Å². The summed E-state index contributed by atoms with van der Waals surface area (Å²) in [5.74, 6) is 0. The van der Waals surface area contributed by atoms with Crippen LogP contribution in [-0.4, -0.2) is 0 Å². The molecule has 0 radical (unpaired) electrons. The third-order valence-electron chi connectivity index (χ3n) is 18.2. The van der Waals surface area contributed by atoms with Crippen LogP contribution < -0.4 is 9.80 Å². The van der Waals surface area contributed by atoms with E-state index in [1.54, 1.807) is 0 Å². The quantitative estimate of drug-likeness (QED) is 0.152. The second-order valence-electron chi connectivity index (χ2n) is 22.6. The van der Waals surface area contributed by atoms with Crippen LogP contribution in [0.5, 0.6) is 0 Å². The highest BCUT2D eigenvalue weighted by atomic mass is 16.3. The third-order valence-corrected chi connectivity index (χ3v) is 18.2. The summed E-state index contributed by atoms with van der Waals surface area (Å²) >= 11 is 0. The number of anilines is 6. The molecule has 0 atom stereocenters. The molecular formula is C81H50N2O2. The first-order chi connectivity index (χ1) is 42.2. The minimum absolute atomic E-state index is 0.599. The van der Waals surface area contributed by atoms with Gasteiger partial charge in [-0.05, 0) is 173 Å². The fourth-order valence-corrected chi connectivity index (χ4v) is 14.7. The fraction of sp³-hybridized carbons (Fsp3) is 0.0123. The molecule has 0 bridgehead atoms. The van der Waals surface area contributed by atoms with Crippen molar-refractivity contribution in [2.75, 3.05) is 9.80 Å². The summed E-state index contributed by atoms with van der Waals surface area (Å²) in [6.07, 6.45) is 0. The number of hydrogen-bond acceptors (Lipinski definition) is 4. The first kappa shape index (κ1) is 47.4. The molecule has 0 saturated carbocycles. The van der Waals surface area contributed by atoms with Crippen molar-refractivity contribution >= 4 is 99.5 Å². The number of furan rings is 2. The van der Waals surface area contributed by atoms with Gasteiger partial charge in [-0.15, -0.1) is 0 Å². The standard InChI is InChI=1S/C81H50N2O2/c1-3-19-55(20-4-1)82(73-33-17-29-66-63-26-11-15-35-75(63)84-79(66)73)57-43-37-51(38-44-57)53-41-47-59-54(49-53)42-48-68-77-65-28-8-7-23-60(65)69(50-72(77)81(78(59)68)70-31-13-9-24-61(70)62-25-10-14-32-71(62)81)52-39-45-58(46-40-52)83(56-21-5-2-6-22-56)74-34-18-30-67-64-27-12-16-36-76(64)85-80(67)74/h1-50H. The van der Waals surface area contributed by atoms with Crippen molar-refractivity contribution in [3.05, 3.63) is 326 Å². The topological polar surface area (TPSA) is 32.8 Å². The summed E-state index contributed by atoms with van der Waals surface area (Å²) in [6.45, 7) is 0. The number of rotatable bonds is 8. The number of fused-ring (bicyclic) bond motifs is 20. The van der Waals surface area contributed by atoms with Crippen LogP contribution in [0.1, 0.15) is 22.3 Å². The van der Waals surface area contributed by atoms with Gasteiger partial charge in [-0.3, -0.25) is 0 Å². The summed E-state index contributed by atoms with van der Waals surface area (Å²) in [6, 6.07) is 111. The Hall–Kier alpha value is -11.2. The largest absolute Gasteiger partial charge is 0.454 e. The van der Waals surface area contributed by atoms with Gasteiger partial charge >= 0.3 is 0 Å². The highest BCUT2D eigenvalue weighted by Gasteiger charge is 2.53. The van der Waals surface area contributed by atoms with Gasteiger partial charge in [-0.25, -0.2) is 0 Å². The first-order valence-corrected chi connectivity index (χ1v) is 29.2. The number of benzene rings is 14. The Balaban J connectivity index is 0.786. The van der Waals surface area contributed by atoms with Gasteiger partial charge in [-0.1, -0.05) is 218 Å². The minimum atomic E-state index is -0.599. The second kappa shape index (κ2) is 18.4. The number of para-hydroxylation sites is 6. The molecule has 0 fully saturated rings. The van der Waals surface area contributed by atoms with Crippen molar-refractivity contribution < 1.29 is 8.83 Å². The molecule has 2 heterocycles. The third kappa shape index (κ3) is 6.91. The van der Waals surface area contributed by atoms with E-state index in [1.165, 1.54) is 71.6 Å². The van der Waals surface area contributed by atoms with E-state index in [2.05, 4.69) is 295 Å². The van der Waals surface area contributed by atoms with Gasteiger partial charge in [0.05, 0.1) is 16.8 Å². The molecular weight excluding hydrogens is 1030 g/mol. The van der Waals surface area contributed by atoms with Gasteiger partial charge in [0.1, 0.15) is 11.2 Å². The molecule has 0 N–H and O–H groups in total. The van der Waals surface area contributed by atoms with E-state index in [9.17, 15) is 0 Å². The zero-order valence-corrected chi connectivity index (χ0v) is 46.1. The van der Waals surface area contributed by atoms with Gasteiger partial charge in [0, 0.05) is 44.3 Å². The molecule has 0 amide bonds. The van der Waals surface area contributed by atoms with Crippen molar-refractivity contribution in [3.8, 4) is 44.5 Å². The van der Waals surface area contributed by atoms with Gasteiger partial charge < -0.3 is 18.6 Å². The Bertz CT molecular complexity index is 5320. The van der Waals surface area contributed by atoms with Crippen molar-refractivity contribution in [3.63, 3.8) is 0 Å². The van der Waals surface area contributed by atoms with Gasteiger partial charge in [0.25, 0.3) is 0 Å². The van der Waals surface area contributed by atoms with Crippen molar-refractivity contribution in [1.82, 2.24) is 0 Å². The van der Waals surface area contributed by atoms with Crippen LogP contribution in [0.3, 0.4) is 0 Å². The van der Waals surface area contributed by atoms with Crippen LogP contribution in [0.15, 0.2) is 312 Å². The molecule has 4 nitrogen and oxygen atoms in total. The van der Waals surface area contributed by atoms with Crippen molar-refractivity contribution in [1.29, 1.82) is 0 Å². The maximum atomic E-state index is 6.67. The molecule has 0 aliphatic heterocycles. The number of hydrogen-bond donors (Lipinski definition) is 0. The molecule has 14 aromatic carbocycles. The van der Waals surface area contributed by atoms with Crippen LogP contribution in [0.4, 0.5) is 34.1 Å². The minimum Gasteiger partial charge on any atom is -0.454 e. The first-order valence-electron chi connectivity index (χ1n) is 29.2. The highest BCUT2D eigenvalue weighted by Crippen LogP contribution is 2.66. The summed E-state index contributed by atoms with van der Waals surface area (Å²) in [7, 11) is 0. The lowest BCUT2D eigenvalue weighted by molar-refractivity contribution is 0.668. The molecule has 2 aliphatic rings. The lowest BCUT2D eigenvalue weighted by atomic mass is 9.69. The molecule has 2 aromatic heterocycles. The van der Waals surface area contributed by atoms with Crippen molar-refractivity contribution in [2.24, 2.45) is 0 Å². The maximum absolute atomic E-state index is 6.67. The van der Waals surface area contributed by atoms with E-state index in [0.717, 1.165) is 94.7 Å². The van der Waals surface area contributed by atoms with Crippen LogP contribution in [0, 0.1) is 0 Å². The van der Waals surface area contributed by atoms with E-state index in [0.29, 0.717) is 0 Å². The monoisotopic (exact) mass is 1080 g/mol. The normalized spacial score (nSPS) is 12.8. The zero-order chi connectivity index (χ0) is 55.7. The SMILES string of the molecule is c1ccc(N(c2ccc(-c3ccc4c5c(ccc4c3)-c3c(cc(-c4ccc(N(c6ccccc6)c6cccc7c6oc6ccccc67)cc4)c4ccccc34)C53c4ccccc4-c4ccccc43)cc2)c2cccc3c2oc2ccccc23)cc1. The Morgan fingerprint density at radius 2 is 0.718 bits per heavy atom. The molecule has 16 aromatic rings. The van der Waals surface area contributed by atoms with Crippen LogP contribution in [0.25, 0.3) is 110 Å². The Kier molecular flexibility index (Phi) is 10.3. The van der Waals surface area contributed by atoms with E-state index in [1.807, 2.05) is 18.2 Å². The average Bonchev–Trinajstić information content (AvgIpc) is 1.51. The smallest absolute Gasteiger partial charge is 0.159 e. The molecule has 4 heteroatoms. The highest BCUT2D eigenvalue weighted by molar-refractivity contribution is 6.16. The van der Waals surface area contributed by atoms with Crippen LogP contribution in [0.2, 0.25) is 0 Å². The Morgan fingerprint density at radius 1 is 0.259 bits per heavy atom. The van der Waals surface area contributed by atoms with E-state index in [-0.39, 0.29) is 0 Å². The van der Waals surface area contributed by atoms with Crippen LogP contribution in [-0.2, 0) is 5.41 Å². The molecule has 18 rings (SSSR count). The Morgan fingerprint density at radius 3 is 1.29 bits per heavy atom. The molecule has 396 valence electrons. The van der Waals surface area contributed by atoms with E-state index < -0.39 is 5.41 Å². The molecule has 0 saturated heterocycles. The van der Waals surface area contributed by atoms with E-state index >= 15 is 0 Å². The molecule has 1 spiro atoms. The summed E-state index contributed by atoms with van der Waals surface area (Å²) in [4.78, 5) is 4.63. The lowest BCUT2D eigenvalue weighted by Crippen LogP contribution is -2.26. The Labute approximate surface area is 490 Å². The number of nitrogens with zero attached hydrogens (tertiary/aromatic N) is 2. The second-order valence-corrected chi connectivity index (χ2v) is 22.6. The molecule has 2 aliphatic carbocycles. The maximum Gasteiger partial charge on any atom is 0.159 e. The van der Waals surface area contributed by atoms with Crippen LogP contribution >= 0.6 is 0 Å². The summed E-state index contributed by atoms with van der Waals surface area (Å²) < 4.78 is 13.3. The van der Waals surface area contributed by atoms with Gasteiger partial charge in [-0.2, -0.15) is 0 Å². The molecule has 85 heavy (non-hydrogen) atoms.